The van der Waals surface area contributed by atoms with Crippen molar-refractivity contribution in [3.05, 3.63) is 30.1 Å². The van der Waals surface area contributed by atoms with Crippen molar-refractivity contribution in [3.63, 3.8) is 0 Å². The lowest BCUT2D eigenvalue weighted by Crippen LogP contribution is -2.49. The fourth-order valence-electron chi connectivity index (χ4n) is 1.27. The highest BCUT2D eigenvalue weighted by molar-refractivity contribution is 5.74. The van der Waals surface area contributed by atoms with Crippen molar-refractivity contribution in [2.45, 2.75) is 12.8 Å². The summed E-state index contributed by atoms with van der Waals surface area (Å²) in [6, 6.07) is 5.27. The zero-order valence-corrected chi connectivity index (χ0v) is 8.59. The summed E-state index contributed by atoms with van der Waals surface area (Å²) in [4.78, 5) is 11.2. The molecule has 3 N–H and O–H groups in total. The summed E-state index contributed by atoms with van der Waals surface area (Å²) in [5, 5.41) is 27.3. The van der Waals surface area contributed by atoms with E-state index < -0.39 is 24.2 Å². The number of aliphatic carboxylic acids is 1. The number of anilines is 1. The molecule has 0 aliphatic carbocycles. The molecule has 0 fully saturated rings. The number of hydrogen-bond donors (Lipinski definition) is 3. The summed E-state index contributed by atoms with van der Waals surface area (Å²) in [5.41, 5.74) is -0.183. The zero-order chi connectivity index (χ0) is 12.3. The molecule has 0 aliphatic rings. The van der Waals surface area contributed by atoms with E-state index in [1.54, 1.807) is 0 Å². The Morgan fingerprint density at radius 2 is 2.00 bits per heavy atom. The maximum Gasteiger partial charge on any atom is 0.323 e. The van der Waals surface area contributed by atoms with Gasteiger partial charge in [0.15, 0.2) is 0 Å². The van der Waals surface area contributed by atoms with Crippen LogP contribution in [0.2, 0.25) is 0 Å². The van der Waals surface area contributed by atoms with Gasteiger partial charge in [-0.25, -0.2) is 4.39 Å². The Labute approximate surface area is 91.4 Å². The first-order chi connectivity index (χ1) is 7.32. The molecular weight excluding hydrogens is 217 g/mol. The van der Waals surface area contributed by atoms with Gasteiger partial charge in [0.1, 0.15) is 12.4 Å². The van der Waals surface area contributed by atoms with Crippen LogP contribution in [0.5, 0.6) is 0 Å². The van der Waals surface area contributed by atoms with Gasteiger partial charge in [-0.1, -0.05) is 12.1 Å². The van der Waals surface area contributed by atoms with E-state index in [-0.39, 0.29) is 5.69 Å². The van der Waals surface area contributed by atoms with E-state index in [1.165, 1.54) is 18.2 Å². The molecule has 0 saturated carbocycles. The van der Waals surface area contributed by atoms with Crippen LogP contribution in [0.1, 0.15) is 6.92 Å². The SMILES string of the molecule is CC(O)(O)N(CC(=O)O)c1ccccc1F. The van der Waals surface area contributed by atoms with Gasteiger partial charge >= 0.3 is 5.97 Å². The number of nitrogens with zero attached hydrogens (tertiary/aromatic N) is 1. The predicted molar refractivity (Wildman–Crippen MR) is 54.2 cm³/mol. The molecule has 0 aromatic heterocycles. The van der Waals surface area contributed by atoms with Crippen LogP contribution < -0.4 is 4.90 Å². The molecule has 0 atom stereocenters. The lowest BCUT2D eigenvalue weighted by Gasteiger charge is -2.32. The largest absolute Gasteiger partial charge is 0.480 e. The van der Waals surface area contributed by atoms with E-state index in [0.29, 0.717) is 4.90 Å². The molecule has 0 aliphatic heterocycles. The molecule has 16 heavy (non-hydrogen) atoms. The van der Waals surface area contributed by atoms with Gasteiger partial charge in [0.05, 0.1) is 5.69 Å². The molecule has 1 aromatic carbocycles. The van der Waals surface area contributed by atoms with Gasteiger partial charge in [-0.15, -0.1) is 0 Å². The number of carbonyl (C=O) groups is 1. The summed E-state index contributed by atoms with van der Waals surface area (Å²) in [6.45, 7) is 0.243. The van der Waals surface area contributed by atoms with Crippen LogP contribution in [0.3, 0.4) is 0 Å². The molecule has 0 heterocycles. The minimum atomic E-state index is -2.44. The number of aliphatic hydroxyl groups is 2. The molecule has 0 radical (unpaired) electrons. The lowest BCUT2D eigenvalue weighted by atomic mass is 10.2. The maximum atomic E-state index is 13.4. The summed E-state index contributed by atoms with van der Waals surface area (Å²) < 4.78 is 13.4. The number of hydrogen-bond acceptors (Lipinski definition) is 4. The second kappa shape index (κ2) is 4.46. The Kier molecular flexibility index (Phi) is 3.46. The van der Waals surface area contributed by atoms with E-state index in [1.807, 2.05) is 0 Å². The van der Waals surface area contributed by atoms with E-state index in [2.05, 4.69) is 0 Å². The highest BCUT2D eigenvalue weighted by Crippen LogP contribution is 2.23. The van der Waals surface area contributed by atoms with Gasteiger partial charge in [0, 0.05) is 6.92 Å². The molecule has 0 saturated heterocycles. The first kappa shape index (κ1) is 12.4. The highest BCUT2D eigenvalue weighted by atomic mass is 19.1. The molecule has 6 heteroatoms. The Balaban J connectivity index is 3.12. The third kappa shape index (κ3) is 2.91. The minimum Gasteiger partial charge on any atom is -0.480 e. The van der Waals surface area contributed by atoms with Crippen molar-refractivity contribution in [3.8, 4) is 0 Å². The van der Waals surface area contributed by atoms with E-state index in [4.69, 9.17) is 5.11 Å². The molecular formula is C10H12FNO4. The lowest BCUT2D eigenvalue weighted by molar-refractivity contribution is -0.154. The third-order valence-electron chi connectivity index (χ3n) is 1.95. The van der Waals surface area contributed by atoms with Gasteiger partial charge in [-0.2, -0.15) is 0 Å². The summed E-state index contributed by atoms with van der Waals surface area (Å²) in [6.07, 6.45) is 0. The molecule has 0 bridgehead atoms. The monoisotopic (exact) mass is 229 g/mol. The van der Waals surface area contributed by atoms with Crippen LogP contribution in [0.15, 0.2) is 24.3 Å². The molecule has 0 unspecified atom stereocenters. The number of carboxylic acid groups (broad SMARTS) is 1. The Morgan fingerprint density at radius 1 is 1.44 bits per heavy atom. The highest BCUT2D eigenvalue weighted by Gasteiger charge is 2.30. The van der Waals surface area contributed by atoms with Crippen LogP contribution in [0.4, 0.5) is 10.1 Å². The topological polar surface area (TPSA) is 81.0 Å². The van der Waals surface area contributed by atoms with E-state index >= 15 is 0 Å². The summed E-state index contributed by atoms with van der Waals surface area (Å²) in [5.74, 6) is -4.46. The van der Waals surface area contributed by atoms with Gasteiger partial charge in [-0.3, -0.25) is 4.79 Å². The van der Waals surface area contributed by atoms with Gasteiger partial charge < -0.3 is 20.2 Å². The predicted octanol–water partition coefficient (Wildman–Crippen LogP) is 0.375. The first-order valence-electron chi connectivity index (χ1n) is 4.51. The van der Waals surface area contributed by atoms with Crippen molar-refractivity contribution < 1.29 is 24.5 Å². The molecule has 5 nitrogen and oxygen atoms in total. The molecule has 1 aromatic rings. The number of halogens is 1. The Hall–Kier alpha value is -1.66. The number of benzene rings is 1. The fourth-order valence-corrected chi connectivity index (χ4v) is 1.27. The second-order valence-electron chi connectivity index (χ2n) is 3.40. The van der Waals surface area contributed by atoms with Crippen LogP contribution in [-0.4, -0.2) is 33.7 Å². The van der Waals surface area contributed by atoms with Crippen LogP contribution in [-0.2, 0) is 4.79 Å². The van der Waals surface area contributed by atoms with E-state index in [0.717, 1.165) is 13.0 Å². The molecule has 88 valence electrons. The Morgan fingerprint density at radius 3 is 2.44 bits per heavy atom. The minimum absolute atomic E-state index is 0.183. The van der Waals surface area contributed by atoms with Crippen molar-refractivity contribution >= 4 is 11.7 Å². The summed E-state index contributed by atoms with van der Waals surface area (Å²) >= 11 is 0. The number of carboxylic acids is 1. The smallest absolute Gasteiger partial charge is 0.323 e. The summed E-state index contributed by atoms with van der Waals surface area (Å²) in [7, 11) is 0. The third-order valence-corrected chi connectivity index (χ3v) is 1.95. The van der Waals surface area contributed by atoms with E-state index in [9.17, 15) is 19.4 Å². The van der Waals surface area contributed by atoms with Crippen LogP contribution >= 0.6 is 0 Å². The molecule has 0 spiro atoms. The quantitative estimate of drug-likeness (QED) is 0.650. The van der Waals surface area contributed by atoms with Crippen LogP contribution in [0.25, 0.3) is 0 Å². The average Bonchev–Trinajstić information content (AvgIpc) is 2.13. The zero-order valence-electron chi connectivity index (χ0n) is 8.59. The van der Waals surface area contributed by atoms with Gasteiger partial charge in [0.2, 0.25) is 5.91 Å². The van der Waals surface area contributed by atoms with Gasteiger partial charge in [-0.05, 0) is 12.1 Å². The van der Waals surface area contributed by atoms with Gasteiger partial charge in [0.25, 0.3) is 0 Å². The standard InChI is InChI=1S/C10H12FNO4/c1-10(15,16)12(6-9(13)14)8-5-3-2-4-7(8)11/h2-5,15-16H,6H2,1H3,(H,13,14). The first-order valence-corrected chi connectivity index (χ1v) is 4.51. The van der Waals surface area contributed by atoms with Crippen molar-refractivity contribution in [2.24, 2.45) is 0 Å². The Bertz CT molecular complexity index is 389. The van der Waals surface area contributed by atoms with Crippen LogP contribution in [0, 0.1) is 5.82 Å². The number of rotatable bonds is 4. The molecule has 1 rings (SSSR count). The van der Waals surface area contributed by atoms with Crippen molar-refractivity contribution in [2.75, 3.05) is 11.4 Å². The normalized spacial score (nSPS) is 11.2. The molecule has 0 amide bonds. The maximum absolute atomic E-state index is 13.4. The van der Waals surface area contributed by atoms with Crippen molar-refractivity contribution in [1.82, 2.24) is 0 Å². The number of para-hydroxylation sites is 1. The fraction of sp³-hybridized carbons (Fsp3) is 0.300. The average molecular weight is 229 g/mol. The van der Waals surface area contributed by atoms with Crippen molar-refractivity contribution in [1.29, 1.82) is 0 Å². The second-order valence-corrected chi connectivity index (χ2v) is 3.40.